The van der Waals surface area contributed by atoms with E-state index in [1.54, 1.807) is 31.0 Å². The summed E-state index contributed by atoms with van der Waals surface area (Å²) in [5, 5.41) is 10.7. The van der Waals surface area contributed by atoms with Crippen LogP contribution in [-0.4, -0.2) is 15.0 Å². The highest BCUT2D eigenvalue weighted by molar-refractivity contribution is 5.60. The lowest BCUT2D eigenvalue weighted by atomic mass is 10.2. The first-order valence-corrected chi connectivity index (χ1v) is 4.27. The van der Waals surface area contributed by atoms with Gasteiger partial charge in [0.15, 0.2) is 6.19 Å². The summed E-state index contributed by atoms with van der Waals surface area (Å²) in [5.74, 6) is 0.296. The molecule has 5 nitrogen and oxygen atoms in total. The number of nitrogens with zero attached hydrogens (tertiary/aromatic N) is 4. The molecule has 0 spiro atoms. The molecule has 0 fully saturated rings. The number of nitrogens with one attached hydrogen (secondary N) is 1. The van der Waals surface area contributed by atoms with Crippen molar-refractivity contribution in [3.05, 3.63) is 36.9 Å². The number of aromatic nitrogens is 3. The predicted molar refractivity (Wildman–Crippen MR) is 54.5 cm³/mol. The van der Waals surface area contributed by atoms with Crippen LogP contribution >= 0.6 is 0 Å². The third kappa shape index (κ3) is 2.06. The second-order valence-corrected chi connectivity index (χ2v) is 2.77. The smallest absolute Gasteiger partial charge is 0.236 e. The fraction of sp³-hybridized carbons (Fsp3) is 0. The maximum absolute atomic E-state index is 8.35. The first kappa shape index (κ1) is 9.09. The van der Waals surface area contributed by atoms with E-state index in [2.05, 4.69) is 20.3 Å². The van der Waals surface area contributed by atoms with Gasteiger partial charge in [-0.25, -0.2) is 9.97 Å². The van der Waals surface area contributed by atoms with Gasteiger partial charge in [-0.15, -0.1) is 0 Å². The van der Waals surface area contributed by atoms with Crippen molar-refractivity contribution in [1.82, 2.24) is 15.0 Å². The second-order valence-electron chi connectivity index (χ2n) is 2.77. The fourth-order valence-electron chi connectivity index (χ4n) is 1.13. The molecule has 0 amide bonds. The van der Waals surface area contributed by atoms with E-state index in [0.29, 0.717) is 5.95 Å². The maximum atomic E-state index is 8.35. The predicted octanol–water partition coefficient (Wildman–Crippen LogP) is 1.43. The molecular formula is C10H7N5. The van der Waals surface area contributed by atoms with Crippen LogP contribution in [0.4, 0.5) is 5.95 Å². The van der Waals surface area contributed by atoms with Gasteiger partial charge in [0.05, 0.1) is 0 Å². The van der Waals surface area contributed by atoms with Gasteiger partial charge in [-0.3, -0.25) is 10.3 Å². The topological polar surface area (TPSA) is 74.5 Å². The third-order valence-corrected chi connectivity index (χ3v) is 1.81. The highest BCUT2D eigenvalue weighted by Gasteiger charge is 1.98. The van der Waals surface area contributed by atoms with Crippen molar-refractivity contribution in [1.29, 1.82) is 5.26 Å². The molecule has 0 atom stereocenters. The molecule has 1 N–H and O–H groups in total. The molecule has 2 heterocycles. The van der Waals surface area contributed by atoms with Gasteiger partial charge < -0.3 is 0 Å². The van der Waals surface area contributed by atoms with E-state index < -0.39 is 0 Å². The SMILES string of the molecule is N#CNc1ncc(-c2cccnc2)cn1. The van der Waals surface area contributed by atoms with Gasteiger partial charge in [-0.2, -0.15) is 5.26 Å². The van der Waals surface area contributed by atoms with E-state index in [4.69, 9.17) is 5.26 Å². The van der Waals surface area contributed by atoms with E-state index in [9.17, 15) is 0 Å². The Morgan fingerprint density at radius 1 is 1.13 bits per heavy atom. The molecule has 0 bridgehead atoms. The van der Waals surface area contributed by atoms with E-state index in [1.807, 2.05) is 12.1 Å². The third-order valence-electron chi connectivity index (χ3n) is 1.81. The summed E-state index contributed by atoms with van der Waals surface area (Å²) in [6.45, 7) is 0. The molecule has 0 aliphatic carbocycles. The van der Waals surface area contributed by atoms with Crippen molar-refractivity contribution >= 4 is 5.95 Å². The lowest BCUT2D eigenvalue weighted by Gasteiger charge is -1.99. The second kappa shape index (κ2) is 4.15. The molecule has 0 unspecified atom stereocenters. The van der Waals surface area contributed by atoms with Crippen LogP contribution in [0.2, 0.25) is 0 Å². The summed E-state index contributed by atoms with van der Waals surface area (Å²) in [6.07, 6.45) is 8.48. The molecule has 2 aromatic heterocycles. The minimum absolute atomic E-state index is 0.296. The largest absolute Gasteiger partial charge is 0.264 e. The number of hydrogen-bond acceptors (Lipinski definition) is 5. The summed E-state index contributed by atoms with van der Waals surface area (Å²) in [7, 11) is 0. The normalized spacial score (nSPS) is 9.27. The van der Waals surface area contributed by atoms with Gasteiger partial charge in [0.25, 0.3) is 0 Å². The standard InChI is InChI=1S/C10H7N5/c11-7-15-10-13-5-9(6-14-10)8-2-1-3-12-4-8/h1-6H,(H,13,14,15). The Balaban J connectivity index is 2.29. The van der Waals surface area contributed by atoms with Gasteiger partial charge >= 0.3 is 0 Å². The Hall–Kier alpha value is -2.48. The Bertz CT molecular complexity index is 471. The maximum Gasteiger partial charge on any atom is 0.236 e. The summed E-state index contributed by atoms with van der Waals surface area (Å²) in [4.78, 5) is 11.9. The highest BCUT2D eigenvalue weighted by Crippen LogP contribution is 2.15. The van der Waals surface area contributed by atoms with Crippen LogP contribution in [0.25, 0.3) is 11.1 Å². The quantitative estimate of drug-likeness (QED) is 0.582. The van der Waals surface area contributed by atoms with Crippen LogP contribution in [0.1, 0.15) is 0 Å². The minimum atomic E-state index is 0.296. The number of pyridine rings is 1. The van der Waals surface area contributed by atoms with Crippen molar-refractivity contribution in [3.8, 4) is 17.3 Å². The summed E-state index contributed by atoms with van der Waals surface area (Å²) in [5.41, 5.74) is 1.81. The number of anilines is 1. The monoisotopic (exact) mass is 197 g/mol. The van der Waals surface area contributed by atoms with Crippen LogP contribution in [0, 0.1) is 11.5 Å². The van der Waals surface area contributed by atoms with E-state index >= 15 is 0 Å². The number of rotatable bonds is 2. The molecule has 72 valence electrons. The molecule has 0 radical (unpaired) electrons. The summed E-state index contributed by atoms with van der Waals surface area (Å²) in [6, 6.07) is 3.76. The van der Waals surface area contributed by atoms with Crippen LogP contribution in [0.15, 0.2) is 36.9 Å². The molecule has 0 aliphatic heterocycles. The first-order valence-electron chi connectivity index (χ1n) is 4.27. The molecular weight excluding hydrogens is 190 g/mol. The Labute approximate surface area is 86.5 Å². The Kier molecular flexibility index (Phi) is 2.52. The van der Waals surface area contributed by atoms with Gasteiger partial charge in [0.1, 0.15) is 0 Å². The lowest BCUT2D eigenvalue weighted by Crippen LogP contribution is -1.94. The number of nitriles is 1. The first-order chi connectivity index (χ1) is 7.40. The average molecular weight is 197 g/mol. The zero-order chi connectivity index (χ0) is 10.5. The molecule has 0 saturated heterocycles. The Morgan fingerprint density at radius 3 is 2.53 bits per heavy atom. The van der Waals surface area contributed by atoms with Crippen molar-refractivity contribution in [2.45, 2.75) is 0 Å². The fourth-order valence-corrected chi connectivity index (χ4v) is 1.13. The summed E-state index contributed by atoms with van der Waals surface area (Å²) >= 11 is 0. The van der Waals surface area contributed by atoms with Gasteiger partial charge in [-0.05, 0) is 6.07 Å². The molecule has 0 saturated carbocycles. The average Bonchev–Trinajstić information content (AvgIpc) is 2.32. The van der Waals surface area contributed by atoms with Crippen LogP contribution in [-0.2, 0) is 0 Å². The highest BCUT2D eigenvalue weighted by atomic mass is 15.1. The van der Waals surface area contributed by atoms with E-state index in [1.165, 1.54) is 0 Å². The van der Waals surface area contributed by atoms with Gasteiger partial charge in [-0.1, -0.05) is 6.07 Å². The zero-order valence-corrected chi connectivity index (χ0v) is 7.75. The van der Waals surface area contributed by atoms with Crippen molar-refractivity contribution in [2.75, 3.05) is 5.32 Å². The van der Waals surface area contributed by atoms with Crippen molar-refractivity contribution in [2.24, 2.45) is 0 Å². The van der Waals surface area contributed by atoms with Gasteiger partial charge in [0, 0.05) is 35.9 Å². The van der Waals surface area contributed by atoms with E-state index in [0.717, 1.165) is 11.1 Å². The molecule has 0 aromatic carbocycles. The molecule has 15 heavy (non-hydrogen) atoms. The van der Waals surface area contributed by atoms with Crippen LogP contribution in [0.5, 0.6) is 0 Å². The molecule has 5 heteroatoms. The molecule has 2 aromatic rings. The zero-order valence-electron chi connectivity index (χ0n) is 7.75. The van der Waals surface area contributed by atoms with Gasteiger partial charge in [0.2, 0.25) is 5.95 Å². The Morgan fingerprint density at radius 2 is 1.93 bits per heavy atom. The lowest BCUT2D eigenvalue weighted by molar-refractivity contribution is 1.16. The van der Waals surface area contributed by atoms with Crippen molar-refractivity contribution < 1.29 is 0 Å². The number of hydrogen-bond donors (Lipinski definition) is 1. The van der Waals surface area contributed by atoms with Crippen LogP contribution in [0.3, 0.4) is 0 Å². The molecule has 0 aliphatic rings. The molecule has 2 rings (SSSR count). The van der Waals surface area contributed by atoms with E-state index in [-0.39, 0.29) is 0 Å². The van der Waals surface area contributed by atoms with Crippen molar-refractivity contribution in [3.63, 3.8) is 0 Å². The van der Waals surface area contributed by atoms with Crippen LogP contribution < -0.4 is 5.32 Å². The summed E-state index contributed by atoms with van der Waals surface area (Å²) < 4.78 is 0. The minimum Gasteiger partial charge on any atom is -0.264 e.